The number of rotatable bonds is 4. The van der Waals surface area contributed by atoms with Crippen molar-refractivity contribution in [3.8, 4) is 0 Å². The molecule has 13 heavy (non-hydrogen) atoms. The molecule has 0 aliphatic rings. The van der Waals surface area contributed by atoms with Gasteiger partial charge in [0, 0.05) is 6.08 Å². The molecule has 0 fully saturated rings. The molecule has 0 aliphatic heterocycles. The van der Waals surface area contributed by atoms with Crippen molar-refractivity contribution in [1.29, 1.82) is 0 Å². The highest BCUT2D eigenvalue weighted by molar-refractivity contribution is 5.81. The van der Waals surface area contributed by atoms with Gasteiger partial charge in [0.15, 0.2) is 0 Å². The quantitative estimate of drug-likeness (QED) is 0.509. The molecule has 2 nitrogen and oxygen atoms in total. The Morgan fingerprint density at radius 1 is 1.62 bits per heavy atom. The molecule has 0 rings (SSSR count). The van der Waals surface area contributed by atoms with Gasteiger partial charge in [-0.15, -0.1) is 0 Å². The second-order valence-electron chi connectivity index (χ2n) is 2.60. The second-order valence-corrected chi connectivity index (χ2v) is 2.60. The number of carbonyl (C=O) groups excluding carboxylic acids is 1. The van der Waals surface area contributed by atoms with E-state index in [0.29, 0.717) is 0 Å². The van der Waals surface area contributed by atoms with E-state index < -0.39 is 18.1 Å². The Morgan fingerprint density at radius 2 is 2.15 bits per heavy atom. The van der Waals surface area contributed by atoms with Crippen molar-refractivity contribution in [3.63, 3.8) is 0 Å². The van der Waals surface area contributed by atoms with Crippen molar-refractivity contribution >= 4 is 5.97 Å². The molecule has 5 heteroatoms. The van der Waals surface area contributed by atoms with Crippen LogP contribution in [0, 0.1) is 5.92 Å². The molecule has 0 aromatic carbocycles. The summed E-state index contributed by atoms with van der Waals surface area (Å²) in [5.74, 6) is -2.15. The van der Waals surface area contributed by atoms with E-state index in [1.165, 1.54) is 0 Å². The van der Waals surface area contributed by atoms with Crippen molar-refractivity contribution < 1.29 is 22.7 Å². The Labute approximate surface area is 74.4 Å². The van der Waals surface area contributed by atoms with E-state index in [1.54, 1.807) is 0 Å². The maximum atomic E-state index is 11.9. The first-order chi connectivity index (χ1) is 5.88. The molecule has 0 N–H and O–H groups in total. The minimum absolute atomic E-state index is 0.219. The zero-order valence-electron chi connectivity index (χ0n) is 7.23. The molecular weight excluding hydrogens is 185 g/mol. The van der Waals surface area contributed by atoms with E-state index in [9.17, 15) is 18.0 Å². The van der Waals surface area contributed by atoms with Gasteiger partial charge < -0.3 is 4.74 Å². The molecule has 0 saturated heterocycles. The monoisotopic (exact) mass is 196 g/mol. The summed E-state index contributed by atoms with van der Waals surface area (Å²) in [6.07, 6.45) is -3.53. The normalized spacial score (nSPS) is 13.5. The van der Waals surface area contributed by atoms with E-state index >= 15 is 0 Å². The standard InChI is InChI=1S/C8H11F3O2/c1-3-7(12)13-5-4-6(2)8(9,10)11/h3,6H,1,4-5H2,2H3. The minimum Gasteiger partial charge on any atom is -0.463 e. The van der Waals surface area contributed by atoms with Gasteiger partial charge in [-0.2, -0.15) is 13.2 Å². The third kappa shape index (κ3) is 5.27. The molecule has 0 amide bonds. The summed E-state index contributed by atoms with van der Waals surface area (Å²) in [4.78, 5) is 10.4. The van der Waals surface area contributed by atoms with Gasteiger partial charge in [0.1, 0.15) is 0 Å². The lowest BCUT2D eigenvalue weighted by Gasteiger charge is -2.14. The van der Waals surface area contributed by atoms with Crippen LogP contribution in [0.3, 0.4) is 0 Å². The van der Waals surface area contributed by atoms with Crippen LogP contribution < -0.4 is 0 Å². The van der Waals surface area contributed by atoms with Gasteiger partial charge in [0.05, 0.1) is 12.5 Å². The Morgan fingerprint density at radius 3 is 2.54 bits per heavy atom. The summed E-state index contributed by atoms with van der Waals surface area (Å²) in [7, 11) is 0. The molecule has 0 heterocycles. The number of carbonyl (C=O) groups is 1. The minimum atomic E-state index is -4.22. The highest BCUT2D eigenvalue weighted by Gasteiger charge is 2.35. The van der Waals surface area contributed by atoms with E-state index in [-0.39, 0.29) is 13.0 Å². The van der Waals surface area contributed by atoms with E-state index in [1.807, 2.05) is 0 Å². The van der Waals surface area contributed by atoms with Crippen molar-refractivity contribution in [2.75, 3.05) is 6.61 Å². The maximum Gasteiger partial charge on any atom is 0.391 e. The summed E-state index contributed by atoms with van der Waals surface area (Å²) in [5, 5.41) is 0. The first kappa shape index (κ1) is 12.0. The van der Waals surface area contributed by atoms with Crippen LogP contribution in [0.1, 0.15) is 13.3 Å². The topological polar surface area (TPSA) is 26.3 Å². The molecule has 0 aromatic rings. The third-order valence-electron chi connectivity index (χ3n) is 1.52. The fourth-order valence-corrected chi connectivity index (χ4v) is 0.559. The summed E-state index contributed by atoms with van der Waals surface area (Å²) in [6.45, 7) is 3.92. The molecule has 0 aromatic heterocycles. The number of ether oxygens (including phenoxy) is 1. The average Bonchev–Trinajstić information content (AvgIpc) is 2.02. The lowest BCUT2D eigenvalue weighted by molar-refractivity contribution is -0.175. The lowest BCUT2D eigenvalue weighted by Crippen LogP contribution is -2.21. The molecule has 0 spiro atoms. The summed E-state index contributed by atoms with van der Waals surface area (Å²) >= 11 is 0. The van der Waals surface area contributed by atoms with Crippen LogP contribution >= 0.6 is 0 Å². The highest BCUT2D eigenvalue weighted by Crippen LogP contribution is 2.27. The molecule has 1 atom stereocenters. The molecule has 1 unspecified atom stereocenters. The maximum absolute atomic E-state index is 11.9. The lowest BCUT2D eigenvalue weighted by atomic mass is 10.1. The summed E-state index contributed by atoms with van der Waals surface area (Å²) in [5.41, 5.74) is 0. The number of alkyl halides is 3. The van der Waals surface area contributed by atoms with Gasteiger partial charge >= 0.3 is 12.1 Å². The molecule has 0 bridgehead atoms. The van der Waals surface area contributed by atoms with Crippen LogP contribution in [0.4, 0.5) is 13.2 Å². The van der Waals surface area contributed by atoms with Gasteiger partial charge in [-0.25, -0.2) is 4.79 Å². The molecule has 76 valence electrons. The van der Waals surface area contributed by atoms with Gasteiger partial charge in [-0.1, -0.05) is 13.5 Å². The fraction of sp³-hybridized carbons (Fsp3) is 0.625. The van der Waals surface area contributed by atoms with E-state index in [2.05, 4.69) is 11.3 Å². The largest absolute Gasteiger partial charge is 0.463 e. The zero-order chi connectivity index (χ0) is 10.5. The third-order valence-corrected chi connectivity index (χ3v) is 1.52. The van der Waals surface area contributed by atoms with Crippen molar-refractivity contribution in [2.24, 2.45) is 5.92 Å². The van der Waals surface area contributed by atoms with Crippen LogP contribution in [0.15, 0.2) is 12.7 Å². The smallest absolute Gasteiger partial charge is 0.391 e. The van der Waals surface area contributed by atoms with E-state index in [4.69, 9.17) is 0 Å². The Hall–Kier alpha value is -1.00. The average molecular weight is 196 g/mol. The number of hydrogen-bond acceptors (Lipinski definition) is 2. The van der Waals surface area contributed by atoms with Gasteiger partial charge in [-0.05, 0) is 6.42 Å². The number of halogens is 3. The second kappa shape index (κ2) is 4.89. The summed E-state index contributed by atoms with van der Waals surface area (Å²) < 4.78 is 40.1. The molecule has 0 saturated carbocycles. The van der Waals surface area contributed by atoms with Crippen LogP contribution in [0.2, 0.25) is 0 Å². The molecule has 0 aliphatic carbocycles. The fourth-order valence-electron chi connectivity index (χ4n) is 0.559. The van der Waals surface area contributed by atoms with Gasteiger partial charge in [0.25, 0.3) is 0 Å². The van der Waals surface area contributed by atoms with Crippen molar-refractivity contribution in [3.05, 3.63) is 12.7 Å². The Balaban J connectivity index is 3.65. The Kier molecular flexibility index (Phi) is 4.51. The van der Waals surface area contributed by atoms with Crippen molar-refractivity contribution in [1.82, 2.24) is 0 Å². The number of hydrogen-bond donors (Lipinski definition) is 0. The Bertz CT molecular complexity index is 186. The molecular formula is C8H11F3O2. The van der Waals surface area contributed by atoms with Crippen LogP contribution in [-0.4, -0.2) is 18.8 Å². The van der Waals surface area contributed by atoms with Crippen LogP contribution in [-0.2, 0) is 9.53 Å². The van der Waals surface area contributed by atoms with Gasteiger partial charge in [-0.3, -0.25) is 0 Å². The van der Waals surface area contributed by atoms with Crippen LogP contribution in [0.5, 0.6) is 0 Å². The van der Waals surface area contributed by atoms with E-state index in [0.717, 1.165) is 13.0 Å². The highest BCUT2D eigenvalue weighted by atomic mass is 19.4. The predicted octanol–water partition coefficient (Wildman–Crippen LogP) is 2.30. The molecule has 0 radical (unpaired) electrons. The first-order valence-electron chi connectivity index (χ1n) is 3.74. The number of esters is 1. The summed E-state index contributed by atoms with van der Waals surface area (Å²) in [6, 6.07) is 0. The zero-order valence-corrected chi connectivity index (χ0v) is 7.23. The van der Waals surface area contributed by atoms with Crippen LogP contribution in [0.25, 0.3) is 0 Å². The predicted molar refractivity (Wildman–Crippen MR) is 41.0 cm³/mol. The van der Waals surface area contributed by atoms with Crippen molar-refractivity contribution in [2.45, 2.75) is 19.5 Å². The first-order valence-corrected chi connectivity index (χ1v) is 3.74. The SMILES string of the molecule is C=CC(=O)OCCC(C)C(F)(F)F. The van der Waals surface area contributed by atoms with Gasteiger partial charge in [0.2, 0.25) is 0 Å².